The van der Waals surface area contributed by atoms with Crippen LogP contribution in [-0.2, 0) is 17.9 Å². The van der Waals surface area contributed by atoms with Crippen LogP contribution >= 0.6 is 23.4 Å². The fraction of sp³-hybridized carbons (Fsp3) is 0.286. The fourth-order valence-corrected chi connectivity index (χ4v) is 3.83. The van der Waals surface area contributed by atoms with Gasteiger partial charge in [0.1, 0.15) is 24.0 Å². The van der Waals surface area contributed by atoms with Crippen molar-refractivity contribution in [3.05, 3.63) is 63.9 Å². The molecule has 0 atom stereocenters. The number of aromatic nitrogens is 3. The van der Waals surface area contributed by atoms with Gasteiger partial charge in [-0.2, -0.15) is 0 Å². The molecule has 0 radical (unpaired) electrons. The molecule has 0 aliphatic carbocycles. The van der Waals surface area contributed by atoms with E-state index in [1.807, 2.05) is 37.5 Å². The molecule has 0 bridgehead atoms. The Labute approximate surface area is 188 Å². The van der Waals surface area contributed by atoms with Crippen LogP contribution in [0.1, 0.15) is 23.9 Å². The molecule has 2 aromatic carbocycles. The monoisotopic (exact) mass is 466 g/mol. The number of anilines is 1. The number of halogens is 3. The van der Waals surface area contributed by atoms with Crippen molar-refractivity contribution < 1.29 is 18.3 Å². The first-order chi connectivity index (χ1) is 14.8. The molecule has 0 spiro atoms. The van der Waals surface area contributed by atoms with E-state index in [-0.39, 0.29) is 18.0 Å². The molecule has 10 heteroatoms. The molecule has 0 saturated carbocycles. The summed E-state index contributed by atoms with van der Waals surface area (Å²) in [5.74, 6) is -0.696. The van der Waals surface area contributed by atoms with Crippen LogP contribution in [-0.4, -0.2) is 26.4 Å². The predicted octanol–water partition coefficient (Wildman–Crippen LogP) is 5.16. The second kappa shape index (κ2) is 10.1. The molecule has 164 valence electrons. The van der Waals surface area contributed by atoms with E-state index in [2.05, 4.69) is 15.5 Å². The lowest BCUT2D eigenvalue weighted by atomic mass is 10.1. The summed E-state index contributed by atoms with van der Waals surface area (Å²) in [5.41, 5.74) is 1.77. The van der Waals surface area contributed by atoms with E-state index in [1.54, 1.807) is 0 Å². The zero-order valence-corrected chi connectivity index (χ0v) is 18.8. The number of hydrogen-bond donors (Lipinski definition) is 1. The summed E-state index contributed by atoms with van der Waals surface area (Å²) in [6, 6.07) is 6.69. The lowest BCUT2D eigenvalue weighted by Gasteiger charge is -2.11. The summed E-state index contributed by atoms with van der Waals surface area (Å²) in [6.45, 7) is 6.54. The Morgan fingerprint density at radius 2 is 1.90 bits per heavy atom. The van der Waals surface area contributed by atoms with Crippen molar-refractivity contribution >= 4 is 35.0 Å². The van der Waals surface area contributed by atoms with Crippen molar-refractivity contribution in [2.45, 2.75) is 39.1 Å². The van der Waals surface area contributed by atoms with Gasteiger partial charge in [0.15, 0.2) is 11.0 Å². The van der Waals surface area contributed by atoms with Gasteiger partial charge in [-0.15, -0.1) is 10.2 Å². The molecular formula is C21H21ClF2N4O2S. The average molecular weight is 467 g/mol. The van der Waals surface area contributed by atoms with Gasteiger partial charge in [0, 0.05) is 17.6 Å². The minimum Gasteiger partial charge on any atom is -0.486 e. The Balaban J connectivity index is 1.61. The Morgan fingerprint density at radius 1 is 1.19 bits per heavy atom. The molecule has 1 amide bonds. The van der Waals surface area contributed by atoms with Crippen LogP contribution in [0.2, 0.25) is 5.02 Å². The smallest absolute Gasteiger partial charge is 0.234 e. The molecule has 1 aromatic heterocycles. The van der Waals surface area contributed by atoms with Crippen LogP contribution in [0.4, 0.5) is 14.5 Å². The molecule has 0 aliphatic rings. The number of hydrogen-bond acceptors (Lipinski definition) is 5. The number of amides is 1. The Hall–Kier alpha value is -2.65. The van der Waals surface area contributed by atoms with Crippen molar-refractivity contribution in [1.82, 2.24) is 14.8 Å². The maximum absolute atomic E-state index is 13.7. The minimum atomic E-state index is -0.831. The highest BCUT2D eigenvalue weighted by Crippen LogP contribution is 2.27. The number of benzene rings is 2. The number of aryl methyl sites for hydroxylation is 2. The summed E-state index contributed by atoms with van der Waals surface area (Å²) < 4.78 is 34.3. The van der Waals surface area contributed by atoms with E-state index in [0.29, 0.717) is 34.4 Å². The second-order valence-corrected chi connectivity index (χ2v) is 8.08. The highest BCUT2D eigenvalue weighted by molar-refractivity contribution is 7.99. The zero-order chi connectivity index (χ0) is 22.5. The SMILES string of the molecule is CCn1c(COc2cc(C)c(Cl)c(C)c2)nnc1SCC(=O)Nc1ccc(F)cc1F. The molecular weight excluding hydrogens is 446 g/mol. The van der Waals surface area contributed by atoms with Gasteiger partial charge in [0.25, 0.3) is 0 Å². The number of carbonyl (C=O) groups excluding carboxylic acids is 1. The van der Waals surface area contributed by atoms with E-state index in [9.17, 15) is 13.6 Å². The summed E-state index contributed by atoms with van der Waals surface area (Å²) >= 11 is 7.35. The standard InChI is InChI=1S/C21H21ClF2N4O2S/c1-4-28-18(10-30-15-7-12(2)20(22)13(3)8-15)26-27-21(28)31-11-19(29)25-17-6-5-14(23)9-16(17)24/h5-9H,4,10-11H2,1-3H3,(H,25,29). The number of rotatable bonds is 8. The average Bonchev–Trinajstić information content (AvgIpc) is 3.12. The molecule has 1 N–H and O–H groups in total. The number of ether oxygens (including phenoxy) is 1. The number of thioether (sulfide) groups is 1. The van der Waals surface area contributed by atoms with Crippen LogP contribution in [0.25, 0.3) is 0 Å². The van der Waals surface area contributed by atoms with Gasteiger partial charge in [-0.3, -0.25) is 4.79 Å². The van der Waals surface area contributed by atoms with E-state index in [0.717, 1.165) is 17.2 Å². The van der Waals surface area contributed by atoms with Crippen molar-refractivity contribution in [2.24, 2.45) is 0 Å². The number of nitrogens with one attached hydrogen (secondary N) is 1. The van der Waals surface area contributed by atoms with Crippen LogP contribution in [0.15, 0.2) is 35.5 Å². The van der Waals surface area contributed by atoms with Crippen molar-refractivity contribution in [3.63, 3.8) is 0 Å². The highest BCUT2D eigenvalue weighted by Gasteiger charge is 2.15. The van der Waals surface area contributed by atoms with E-state index < -0.39 is 17.5 Å². The molecule has 3 rings (SSSR count). The van der Waals surface area contributed by atoms with E-state index >= 15 is 0 Å². The number of nitrogens with zero attached hydrogens (tertiary/aromatic N) is 3. The highest BCUT2D eigenvalue weighted by atomic mass is 35.5. The van der Waals surface area contributed by atoms with Gasteiger partial charge < -0.3 is 14.6 Å². The Kier molecular flexibility index (Phi) is 7.50. The summed E-state index contributed by atoms with van der Waals surface area (Å²) in [4.78, 5) is 12.1. The topological polar surface area (TPSA) is 69.0 Å². The first kappa shape index (κ1) is 23.0. The second-order valence-electron chi connectivity index (χ2n) is 6.76. The van der Waals surface area contributed by atoms with Gasteiger partial charge in [-0.25, -0.2) is 8.78 Å². The molecule has 0 saturated heterocycles. The summed E-state index contributed by atoms with van der Waals surface area (Å²) in [5, 5.41) is 12.0. The normalized spacial score (nSPS) is 10.9. The predicted molar refractivity (Wildman–Crippen MR) is 117 cm³/mol. The maximum Gasteiger partial charge on any atom is 0.234 e. The third-order valence-corrected chi connectivity index (χ3v) is 5.99. The van der Waals surface area contributed by atoms with Crippen LogP contribution in [0.5, 0.6) is 5.75 Å². The summed E-state index contributed by atoms with van der Waals surface area (Å²) in [7, 11) is 0. The van der Waals surface area contributed by atoms with Gasteiger partial charge in [-0.05, 0) is 56.2 Å². The molecule has 0 unspecified atom stereocenters. The molecule has 3 aromatic rings. The number of carbonyl (C=O) groups is 1. The van der Waals surface area contributed by atoms with Crippen LogP contribution in [0, 0.1) is 25.5 Å². The van der Waals surface area contributed by atoms with E-state index in [1.165, 1.54) is 17.8 Å². The van der Waals surface area contributed by atoms with Gasteiger partial charge in [0.05, 0.1) is 11.4 Å². The van der Waals surface area contributed by atoms with Gasteiger partial charge in [-0.1, -0.05) is 23.4 Å². The molecule has 6 nitrogen and oxygen atoms in total. The van der Waals surface area contributed by atoms with Crippen molar-refractivity contribution in [3.8, 4) is 5.75 Å². The Morgan fingerprint density at radius 3 is 2.55 bits per heavy atom. The first-order valence-electron chi connectivity index (χ1n) is 9.47. The largest absolute Gasteiger partial charge is 0.486 e. The minimum absolute atomic E-state index is 0.00855. The molecule has 0 aliphatic heterocycles. The fourth-order valence-electron chi connectivity index (χ4n) is 2.89. The third kappa shape index (κ3) is 5.74. The lowest BCUT2D eigenvalue weighted by Crippen LogP contribution is -2.16. The first-order valence-corrected chi connectivity index (χ1v) is 10.8. The van der Waals surface area contributed by atoms with Crippen LogP contribution in [0.3, 0.4) is 0 Å². The quantitative estimate of drug-likeness (QED) is 0.464. The van der Waals surface area contributed by atoms with Gasteiger partial charge >= 0.3 is 0 Å². The molecule has 31 heavy (non-hydrogen) atoms. The molecule has 1 heterocycles. The lowest BCUT2D eigenvalue weighted by molar-refractivity contribution is -0.113. The summed E-state index contributed by atoms with van der Waals surface area (Å²) in [6.07, 6.45) is 0. The zero-order valence-electron chi connectivity index (χ0n) is 17.2. The molecule has 0 fully saturated rings. The van der Waals surface area contributed by atoms with E-state index in [4.69, 9.17) is 16.3 Å². The third-order valence-electron chi connectivity index (χ3n) is 4.43. The van der Waals surface area contributed by atoms with Gasteiger partial charge in [0.2, 0.25) is 5.91 Å². The van der Waals surface area contributed by atoms with Crippen LogP contribution < -0.4 is 10.1 Å². The van der Waals surface area contributed by atoms with Crippen molar-refractivity contribution in [2.75, 3.05) is 11.1 Å². The maximum atomic E-state index is 13.7. The van der Waals surface area contributed by atoms with Crippen molar-refractivity contribution in [1.29, 1.82) is 0 Å². The Bertz CT molecular complexity index is 1080.